The molecule has 0 atom stereocenters. The van der Waals surface area contributed by atoms with Crippen LogP contribution in [0.15, 0.2) is 0 Å². The highest BCUT2D eigenvalue weighted by Crippen LogP contribution is 2.19. The van der Waals surface area contributed by atoms with Crippen LogP contribution in [0.2, 0.25) is 0 Å². The van der Waals surface area contributed by atoms with Gasteiger partial charge in [0.2, 0.25) is 0 Å². The minimum atomic E-state index is -1.95. The standard InChI is InChI=1S/C14H18O10/c1-13(2,9(17)18)11(21)23-7(15)5-6-8(16)24-12(22)14(3,4)10(19)20/h5-6H2,1-4H3,(H,17,18)(H,19,20). The molecule has 0 amide bonds. The Balaban J connectivity index is 4.51. The summed E-state index contributed by atoms with van der Waals surface area (Å²) in [7, 11) is 0. The van der Waals surface area contributed by atoms with Crippen molar-refractivity contribution in [2.45, 2.75) is 40.5 Å². The maximum atomic E-state index is 11.5. The number of carboxylic acids is 2. The lowest BCUT2D eigenvalue weighted by atomic mass is 9.94. The van der Waals surface area contributed by atoms with E-state index in [2.05, 4.69) is 9.47 Å². The highest BCUT2D eigenvalue weighted by atomic mass is 16.6. The van der Waals surface area contributed by atoms with Gasteiger partial charge in [-0.1, -0.05) is 0 Å². The number of carbonyl (C=O) groups excluding carboxylic acids is 4. The molecule has 2 N–H and O–H groups in total. The van der Waals surface area contributed by atoms with Gasteiger partial charge in [0.15, 0.2) is 10.8 Å². The second-order valence-corrected chi connectivity index (χ2v) is 5.88. The molecule has 0 heterocycles. The topological polar surface area (TPSA) is 161 Å². The van der Waals surface area contributed by atoms with Crippen molar-refractivity contribution in [3.63, 3.8) is 0 Å². The number of hydrogen-bond acceptors (Lipinski definition) is 8. The fourth-order valence-electron chi connectivity index (χ4n) is 0.943. The van der Waals surface area contributed by atoms with Gasteiger partial charge in [-0.15, -0.1) is 0 Å². The Kier molecular flexibility index (Phi) is 6.78. The molecule has 134 valence electrons. The fourth-order valence-corrected chi connectivity index (χ4v) is 0.943. The summed E-state index contributed by atoms with van der Waals surface area (Å²) in [5, 5.41) is 17.6. The molecule has 10 nitrogen and oxygen atoms in total. The molecule has 0 spiro atoms. The molecule has 10 heteroatoms. The van der Waals surface area contributed by atoms with Crippen LogP contribution in [0.1, 0.15) is 40.5 Å². The molecule has 0 unspecified atom stereocenters. The van der Waals surface area contributed by atoms with Crippen molar-refractivity contribution in [3.8, 4) is 0 Å². The van der Waals surface area contributed by atoms with Crippen molar-refractivity contribution in [2.24, 2.45) is 10.8 Å². The highest BCUT2D eigenvalue weighted by Gasteiger charge is 2.40. The minimum Gasteiger partial charge on any atom is -0.480 e. The van der Waals surface area contributed by atoms with Crippen molar-refractivity contribution in [1.82, 2.24) is 0 Å². The Labute approximate surface area is 136 Å². The monoisotopic (exact) mass is 346 g/mol. The first kappa shape index (κ1) is 21.2. The van der Waals surface area contributed by atoms with Gasteiger partial charge in [-0.2, -0.15) is 0 Å². The third-order valence-electron chi connectivity index (χ3n) is 3.04. The van der Waals surface area contributed by atoms with E-state index >= 15 is 0 Å². The Bertz CT molecular complexity index is 532. The van der Waals surface area contributed by atoms with Crippen molar-refractivity contribution >= 4 is 35.8 Å². The van der Waals surface area contributed by atoms with Gasteiger partial charge < -0.3 is 19.7 Å². The summed E-state index contributed by atoms with van der Waals surface area (Å²) in [6.45, 7) is 4.13. The molecular weight excluding hydrogens is 328 g/mol. The summed E-state index contributed by atoms with van der Waals surface area (Å²) < 4.78 is 8.58. The van der Waals surface area contributed by atoms with E-state index in [1.54, 1.807) is 0 Å². The molecule has 0 bridgehead atoms. The van der Waals surface area contributed by atoms with Crippen molar-refractivity contribution in [2.75, 3.05) is 0 Å². The number of rotatable bonds is 7. The lowest BCUT2D eigenvalue weighted by Crippen LogP contribution is -2.37. The van der Waals surface area contributed by atoms with Crippen LogP contribution in [0.3, 0.4) is 0 Å². The number of carbonyl (C=O) groups is 6. The van der Waals surface area contributed by atoms with Crippen molar-refractivity contribution in [1.29, 1.82) is 0 Å². The van der Waals surface area contributed by atoms with Gasteiger partial charge in [0.1, 0.15) is 0 Å². The molecule has 0 aromatic heterocycles. The Hall–Kier alpha value is -2.78. The smallest absolute Gasteiger partial charge is 0.330 e. The zero-order valence-electron chi connectivity index (χ0n) is 13.6. The number of hydrogen-bond donors (Lipinski definition) is 2. The average molecular weight is 346 g/mol. The molecule has 0 saturated heterocycles. The number of carboxylic acid groups (broad SMARTS) is 2. The fraction of sp³-hybridized carbons (Fsp3) is 0.571. The second kappa shape index (κ2) is 7.66. The van der Waals surface area contributed by atoms with Crippen LogP contribution in [-0.4, -0.2) is 46.0 Å². The van der Waals surface area contributed by atoms with E-state index < -0.39 is 59.5 Å². The normalized spacial score (nSPS) is 11.3. The molecule has 0 saturated carbocycles. The van der Waals surface area contributed by atoms with Crippen LogP contribution >= 0.6 is 0 Å². The predicted octanol–water partition coefficient (Wildman–Crippen LogP) is 0.128. The lowest BCUT2D eigenvalue weighted by Gasteiger charge is -2.17. The first-order valence-electron chi connectivity index (χ1n) is 6.70. The van der Waals surface area contributed by atoms with Gasteiger partial charge in [0.05, 0.1) is 12.8 Å². The van der Waals surface area contributed by atoms with Crippen LogP contribution in [0, 0.1) is 10.8 Å². The van der Waals surface area contributed by atoms with Gasteiger partial charge in [-0.25, -0.2) is 0 Å². The van der Waals surface area contributed by atoms with E-state index in [0.29, 0.717) is 0 Å². The molecule has 0 aromatic rings. The molecule has 0 fully saturated rings. The predicted molar refractivity (Wildman–Crippen MR) is 74.3 cm³/mol. The molecule has 24 heavy (non-hydrogen) atoms. The van der Waals surface area contributed by atoms with Gasteiger partial charge >= 0.3 is 35.8 Å². The SMILES string of the molecule is CC(C)(C(=O)O)C(=O)OC(=O)CCC(=O)OC(=O)C(C)(C)C(=O)O. The van der Waals surface area contributed by atoms with Crippen LogP contribution in [0.5, 0.6) is 0 Å². The summed E-state index contributed by atoms with van der Waals surface area (Å²) in [6.07, 6.45) is -1.30. The number of esters is 4. The largest absolute Gasteiger partial charge is 0.480 e. The molecule has 0 aliphatic carbocycles. The zero-order valence-corrected chi connectivity index (χ0v) is 13.6. The lowest BCUT2D eigenvalue weighted by molar-refractivity contribution is -0.176. The van der Waals surface area contributed by atoms with Crippen molar-refractivity contribution < 1.29 is 48.5 Å². The molecule has 0 aliphatic heterocycles. The number of aliphatic carboxylic acids is 2. The van der Waals surface area contributed by atoms with E-state index in [0.717, 1.165) is 27.7 Å². The quantitative estimate of drug-likeness (QED) is 0.478. The van der Waals surface area contributed by atoms with Crippen LogP contribution in [-0.2, 0) is 38.2 Å². The van der Waals surface area contributed by atoms with Crippen LogP contribution < -0.4 is 0 Å². The van der Waals surface area contributed by atoms with Crippen LogP contribution in [0.25, 0.3) is 0 Å². The maximum absolute atomic E-state index is 11.5. The van der Waals surface area contributed by atoms with E-state index in [4.69, 9.17) is 10.2 Å². The van der Waals surface area contributed by atoms with Gasteiger partial charge in [0, 0.05) is 0 Å². The summed E-state index contributed by atoms with van der Waals surface area (Å²) in [5.41, 5.74) is -3.89. The van der Waals surface area contributed by atoms with Crippen molar-refractivity contribution in [3.05, 3.63) is 0 Å². The zero-order chi connectivity index (χ0) is 19.3. The van der Waals surface area contributed by atoms with Gasteiger partial charge in [-0.05, 0) is 27.7 Å². The number of ether oxygens (including phenoxy) is 2. The average Bonchev–Trinajstić information content (AvgIpc) is 2.44. The maximum Gasteiger partial charge on any atom is 0.330 e. The summed E-state index contributed by atoms with van der Waals surface area (Å²) >= 11 is 0. The molecule has 0 aromatic carbocycles. The first-order chi connectivity index (χ1) is 10.7. The third kappa shape index (κ3) is 5.45. The summed E-state index contributed by atoms with van der Waals surface area (Å²) in [4.78, 5) is 67.4. The Morgan fingerprint density at radius 1 is 0.667 bits per heavy atom. The van der Waals surface area contributed by atoms with E-state index in [1.807, 2.05) is 0 Å². The summed E-state index contributed by atoms with van der Waals surface area (Å²) in [6, 6.07) is 0. The van der Waals surface area contributed by atoms with E-state index in [1.165, 1.54) is 0 Å². The third-order valence-corrected chi connectivity index (χ3v) is 3.04. The first-order valence-corrected chi connectivity index (χ1v) is 6.70. The van der Waals surface area contributed by atoms with E-state index in [-0.39, 0.29) is 0 Å². The Morgan fingerprint density at radius 2 is 0.917 bits per heavy atom. The van der Waals surface area contributed by atoms with Gasteiger partial charge in [-0.3, -0.25) is 28.8 Å². The second-order valence-electron chi connectivity index (χ2n) is 5.88. The molecule has 0 radical (unpaired) electrons. The Morgan fingerprint density at radius 3 is 1.12 bits per heavy atom. The van der Waals surface area contributed by atoms with Crippen LogP contribution in [0.4, 0.5) is 0 Å². The summed E-state index contributed by atoms with van der Waals surface area (Å²) in [5.74, 6) is -7.98. The molecule has 0 rings (SSSR count). The molecular formula is C14H18O10. The highest BCUT2D eigenvalue weighted by molar-refractivity contribution is 6.03. The minimum absolute atomic E-state index is 0.652. The van der Waals surface area contributed by atoms with E-state index in [9.17, 15) is 28.8 Å². The molecule has 0 aliphatic rings. The van der Waals surface area contributed by atoms with Gasteiger partial charge in [0.25, 0.3) is 0 Å².